The molecule has 0 saturated carbocycles. The number of benzene rings is 1. The summed E-state index contributed by atoms with van der Waals surface area (Å²) >= 11 is 5.09. The number of para-hydroxylation sites is 1. The summed E-state index contributed by atoms with van der Waals surface area (Å²) in [5.74, 6) is 0. The lowest BCUT2D eigenvalue weighted by Gasteiger charge is -2.04. The van der Waals surface area contributed by atoms with E-state index in [0.29, 0.717) is 0 Å². The molecule has 2 heteroatoms. The molecule has 0 radical (unpaired) electrons. The highest BCUT2D eigenvalue weighted by Crippen LogP contribution is 2.04. The molecule has 0 aliphatic carbocycles. The monoisotopic (exact) mass is 179 g/mol. The van der Waals surface area contributed by atoms with E-state index in [0.717, 1.165) is 23.5 Å². The predicted molar refractivity (Wildman–Crippen MR) is 57.8 cm³/mol. The molecule has 0 amide bonds. The molecule has 0 heterocycles. The highest BCUT2D eigenvalue weighted by Gasteiger charge is 1.92. The first kappa shape index (κ1) is 9.20. The smallest absolute Gasteiger partial charge is 0.0463 e. The summed E-state index contributed by atoms with van der Waals surface area (Å²) < 4.78 is 0. The molecule has 0 bridgehead atoms. The van der Waals surface area contributed by atoms with Crippen molar-refractivity contribution in [1.82, 2.24) is 0 Å². The first-order valence-electron chi connectivity index (χ1n) is 4.13. The van der Waals surface area contributed by atoms with Gasteiger partial charge in [0, 0.05) is 17.1 Å². The van der Waals surface area contributed by atoms with Crippen molar-refractivity contribution in [3.05, 3.63) is 30.3 Å². The molecule has 0 aliphatic rings. The van der Waals surface area contributed by atoms with Gasteiger partial charge in [0.2, 0.25) is 0 Å². The Morgan fingerprint density at radius 3 is 2.58 bits per heavy atom. The van der Waals surface area contributed by atoms with Gasteiger partial charge in [0.25, 0.3) is 0 Å². The largest absolute Gasteiger partial charge is 0.380 e. The summed E-state index contributed by atoms with van der Waals surface area (Å²) in [5, 5.41) is 3.25. The van der Waals surface area contributed by atoms with Gasteiger partial charge in [-0.2, -0.15) is 0 Å². The summed E-state index contributed by atoms with van der Waals surface area (Å²) in [4.78, 5) is 1.07. The van der Waals surface area contributed by atoms with Crippen molar-refractivity contribution in [3.63, 3.8) is 0 Å². The minimum Gasteiger partial charge on any atom is -0.380 e. The third-order valence-electron chi connectivity index (χ3n) is 1.66. The van der Waals surface area contributed by atoms with Crippen LogP contribution in [0.3, 0.4) is 0 Å². The van der Waals surface area contributed by atoms with Gasteiger partial charge in [-0.25, -0.2) is 0 Å². The van der Waals surface area contributed by atoms with Gasteiger partial charge in [-0.3, -0.25) is 0 Å². The van der Waals surface area contributed by atoms with Crippen LogP contribution in [0, 0.1) is 0 Å². The van der Waals surface area contributed by atoms with Gasteiger partial charge in [0.1, 0.15) is 0 Å². The fourth-order valence-corrected chi connectivity index (χ4v) is 0.954. The van der Waals surface area contributed by atoms with Crippen LogP contribution in [0.1, 0.15) is 13.3 Å². The molecule has 0 unspecified atom stereocenters. The van der Waals surface area contributed by atoms with Gasteiger partial charge in [0.05, 0.1) is 0 Å². The molecule has 0 saturated heterocycles. The molecule has 1 nitrogen and oxygen atoms in total. The second-order valence-electron chi connectivity index (χ2n) is 2.61. The van der Waals surface area contributed by atoms with E-state index in [1.807, 2.05) is 30.3 Å². The Kier molecular flexibility index (Phi) is 3.74. The number of nitrogens with one attached hydrogen (secondary N) is 1. The number of anilines is 1. The Labute approximate surface area is 78.8 Å². The van der Waals surface area contributed by atoms with Gasteiger partial charge >= 0.3 is 0 Å². The lowest BCUT2D eigenvalue weighted by atomic mass is 10.3. The van der Waals surface area contributed by atoms with E-state index in [1.54, 1.807) is 0 Å². The standard InChI is InChI=1S/C10H13NS/c1-2-10(12)8-11-9-6-4-3-5-7-9/h3-7,11H,2,8H2,1H3. The zero-order valence-electron chi connectivity index (χ0n) is 7.21. The lowest BCUT2D eigenvalue weighted by molar-refractivity contribution is 1.26. The summed E-state index contributed by atoms with van der Waals surface area (Å²) in [6, 6.07) is 10.1. The Morgan fingerprint density at radius 1 is 1.33 bits per heavy atom. The highest BCUT2D eigenvalue weighted by atomic mass is 32.1. The summed E-state index contributed by atoms with van der Waals surface area (Å²) in [5.41, 5.74) is 1.13. The SMILES string of the molecule is CCC(=S)CNc1ccccc1. The van der Waals surface area contributed by atoms with E-state index in [2.05, 4.69) is 12.2 Å². The first-order valence-corrected chi connectivity index (χ1v) is 4.54. The zero-order chi connectivity index (χ0) is 8.81. The Bertz CT molecular complexity index is 243. The maximum absolute atomic E-state index is 5.09. The number of hydrogen-bond donors (Lipinski definition) is 1. The third kappa shape index (κ3) is 3.01. The van der Waals surface area contributed by atoms with E-state index in [1.165, 1.54) is 0 Å². The van der Waals surface area contributed by atoms with Crippen LogP contribution in [0.15, 0.2) is 30.3 Å². The quantitative estimate of drug-likeness (QED) is 0.713. The summed E-state index contributed by atoms with van der Waals surface area (Å²) in [6.07, 6.45) is 0.967. The van der Waals surface area contributed by atoms with Gasteiger partial charge in [-0.05, 0) is 18.6 Å². The minimum atomic E-state index is 0.801. The van der Waals surface area contributed by atoms with E-state index < -0.39 is 0 Å². The second-order valence-corrected chi connectivity index (χ2v) is 3.19. The molecule has 1 rings (SSSR count). The minimum absolute atomic E-state index is 0.801. The predicted octanol–water partition coefficient (Wildman–Crippen LogP) is 2.88. The van der Waals surface area contributed by atoms with Crippen LogP contribution in [0.5, 0.6) is 0 Å². The molecule has 12 heavy (non-hydrogen) atoms. The molecule has 64 valence electrons. The maximum Gasteiger partial charge on any atom is 0.0463 e. The van der Waals surface area contributed by atoms with Crippen LogP contribution >= 0.6 is 12.2 Å². The van der Waals surface area contributed by atoms with Crippen molar-refractivity contribution in [1.29, 1.82) is 0 Å². The van der Waals surface area contributed by atoms with Crippen LogP contribution in [-0.2, 0) is 0 Å². The normalized spacial score (nSPS) is 9.42. The van der Waals surface area contributed by atoms with Gasteiger partial charge in [-0.15, -0.1) is 0 Å². The van der Waals surface area contributed by atoms with Gasteiger partial charge < -0.3 is 5.32 Å². The summed E-state index contributed by atoms with van der Waals surface area (Å²) in [7, 11) is 0. The fraction of sp³-hybridized carbons (Fsp3) is 0.300. The fourth-order valence-electron chi connectivity index (χ4n) is 0.882. The van der Waals surface area contributed by atoms with Crippen molar-refractivity contribution in [2.75, 3.05) is 11.9 Å². The first-order chi connectivity index (χ1) is 5.83. The second kappa shape index (κ2) is 4.88. The van der Waals surface area contributed by atoms with Crippen LogP contribution in [0.4, 0.5) is 5.69 Å². The van der Waals surface area contributed by atoms with Crippen molar-refractivity contribution in [2.24, 2.45) is 0 Å². The molecule has 0 atom stereocenters. The molecule has 1 aromatic carbocycles. The van der Waals surface area contributed by atoms with Crippen LogP contribution in [-0.4, -0.2) is 11.4 Å². The van der Waals surface area contributed by atoms with E-state index in [-0.39, 0.29) is 0 Å². The Hall–Kier alpha value is -0.890. The van der Waals surface area contributed by atoms with Gasteiger partial charge in [-0.1, -0.05) is 37.3 Å². The van der Waals surface area contributed by atoms with E-state index >= 15 is 0 Å². The lowest BCUT2D eigenvalue weighted by Crippen LogP contribution is -2.10. The zero-order valence-corrected chi connectivity index (χ0v) is 8.03. The van der Waals surface area contributed by atoms with Crippen molar-refractivity contribution in [3.8, 4) is 0 Å². The van der Waals surface area contributed by atoms with Crippen molar-refractivity contribution < 1.29 is 0 Å². The molecular weight excluding hydrogens is 166 g/mol. The number of hydrogen-bond acceptors (Lipinski definition) is 2. The average molecular weight is 179 g/mol. The molecule has 1 aromatic rings. The van der Waals surface area contributed by atoms with Crippen molar-refractivity contribution in [2.45, 2.75) is 13.3 Å². The highest BCUT2D eigenvalue weighted by molar-refractivity contribution is 7.80. The number of rotatable bonds is 4. The average Bonchev–Trinajstić information content (AvgIpc) is 2.16. The third-order valence-corrected chi connectivity index (χ3v) is 2.09. The molecule has 0 spiro atoms. The molecule has 0 aromatic heterocycles. The van der Waals surface area contributed by atoms with E-state index in [9.17, 15) is 0 Å². The Balaban J connectivity index is 2.38. The molecule has 0 fully saturated rings. The molecule has 1 N–H and O–H groups in total. The molecule has 0 aliphatic heterocycles. The van der Waals surface area contributed by atoms with Crippen LogP contribution < -0.4 is 5.32 Å². The number of thiocarbonyl (C=S) groups is 1. The van der Waals surface area contributed by atoms with Gasteiger partial charge in [0.15, 0.2) is 0 Å². The topological polar surface area (TPSA) is 12.0 Å². The maximum atomic E-state index is 5.09. The van der Waals surface area contributed by atoms with E-state index in [4.69, 9.17) is 12.2 Å². The summed E-state index contributed by atoms with van der Waals surface area (Å²) in [6.45, 7) is 2.88. The van der Waals surface area contributed by atoms with Crippen molar-refractivity contribution >= 4 is 22.8 Å². The Morgan fingerprint density at radius 2 is 2.00 bits per heavy atom. The molecular formula is C10H13NS. The van der Waals surface area contributed by atoms with Crippen LogP contribution in [0.25, 0.3) is 0 Å². The van der Waals surface area contributed by atoms with Crippen LogP contribution in [0.2, 0.25) is 0 Å².